The van der Waals surface area contributed by atoms with Crippen LogP contribution in [0.25, 0.3) is 0 Å². The van der Waals surface area contributed by atoms with Crippen LogP contribution in [0.2, 0.25) is 0 Å². The fourth-order valence-electron chi connectivity index (χ4n) is 1.90. The number of carbonyl (C=O) groups is 1. The Labute approximate surface area is 120 Å². The maximum atomic E-state index is 11.6. The van der Waals surface area contributed by atoms with Gasteiger partial charge in [-0.15, -0.1) is 0 Å². The molecule has 0 bridgehead atoms. The molecular weight excluding hydrogens is 252 g/mol. The molecular formula is C16H24N2O2. The maximum Gasteiger partial charge on any atom is 0.257 e. The largest absolute Gasteiger partial charge is 0.484 e. The Morgan fingerprint density at radius 3 is 3.00 bits per heavy atom. The summed E-state index contributed by atoms with van der Waals surface area (Å²) in [5.41, 5.74) is 1.20. The van der Waals surface area contributed by atoms with E-state index in [-0.39, 0.29) is 12.5 Å². The second-order valence-corrected chi connectivity index (χ2v) is 5.29. The van der Waals surface area contributed by atoms with Crippen molar-refractivity contribution in [2.24, 2.45) is 0 Å². The highest BCUT2D eigenvalue weighted by Gasteiger charge is 2.19. The predicted molar refractivity (Wildman–Crippen MR) is 79.7 cm³/mol. The molecule has 1 saturated carbocycles. The zero-order valence-electron chi connectivity index (χ0n) is 12.2. The topological polar surface area (TPSA) is 50.4 Å². The monoisotopic (exact) mass is 276 g/mol. The van der Waals surface area contributed by atoms with Crippen molar-refractivity contribution in [1.82, 2.24) is 10.6 Å². The summed E-state index contributed by atoms with van der Waals surface area (Å²) in [6.45, 7) is 3.78. The molecule has 0 atom stereocenters. The first-order valence-corrected chi connectivity index (χ1v) is 7.49. The number of hydrogen-bond acceptors (Lipinski definition) is 3. The van der Waals surface area contributed by atoms with Crippen LogP contribution in [-0.2, 0) is 11.3 Å². The lowest BCUT2D eigenvalue weighted by atomic mass is 10.2. The molecule has 1 aromatic carbocycles. The van der Waals surface area contributed by atoms with Crippen molar-refractivity contribution in [3.8, 4) is 5.75 Å². The summed E-state index contributed by atoms with van der Waals surface area (Å²) >= 11 is 0. The average Bonchev–Trinajstić information content (AvgIpc) is 3.28. The van der Waals surface area contributed by atoms with Gasteiger partial charge in [-0.1, -0.05) is 25.5 Å². The maximum absolute atomic E-state index is 11.6. The van der Waals surface area contributed by atoms with E-state index < -0.39 is 0 Å². The third-order valence-corrected chi connectivity index (χ3v) is 3.29. The van der Waals surface area contributed by atoms with Crippen molar-refractivity contribution in [2.45, 2.75) is 45.2 Å². The van der Waals surface area contributed by atoms with Gasteiger partial charge in [0.2, 0.25) is 0 Å². The molecule has 1 aliphatic carbocycles. The summed E-state index contributed by atoms with van der Waals surface area (Å²) in [6, 6.07) is 8.62. The van der Waals surface area contributed by atoms with E-state index in [1.165, 1.54) is 18.4 Å². The number of hydrogen-bond donors (Lipinski definition) is 2. The van der Waals surface area contributed by atoms with Crippen LogP contribution in [-0.4, -0.2) is 25.1 Å². The molecule has 4 heteroatoms. The van der Waals surface area contributed by atoms with Gasteiger partial charge in [0.25, 0.3) is 5.91 Å². The number of nitrogens with one attached hydrogen (secondary N) is 2. The van der Waals surface area contributed by atoms with Crippen LogP contribution in [0.3, 0.4) is 0 Å². The number of ether oxygens (including phenoxy) is 1. The number of unbranched alkanes of at least 4 members (excludes halogenated alkanes) is 1. The van der Waals surface area contributed by atoms with Crippen molar-refractivity contribution >= 4 is 5.91 Å². The molecule has 0 radical (unpaired) electrons. The summed E-state index contributed by atoms with van der Waals surface area (Å²) in [4.78, 5) is 11.6. The van der Waals surface area contributed by atoms with Gasteiger partial charge in [-0.2, -0.15) is 0 Å². The molecule has 0 saturated heterocycles. The van der Waals surface area contributed by atoms with Crippen LogP contribution in [0, 0.1) is 0 Å². The van der Waals surface area contributed by atoms with Gasteiger partial charge < -0.3 is 15.4 Å². The van der Waals surface area contributed by atoms with Crippen LogP contribution in [0.5, 0.6) is 5.75 Å². The van der Waals surface area contributed by atoms with Crippen LogP contribution >= 0.6 is 0 Å². The third kappa shape index (κ3) is 5.61. The van der Waals surface area contributed by atoms with Gasteiger partial charge in [-0.3, -0.25) is 4.79 Å². The Kier molecular flexibility index (Phi) is 5.87. The quantitative estimate of drug-likeness (QED) is 0.680. The third-order valence-electron chi connectivity index (χ3n) is 3.29. The van der Waals surface area contributed by atoms with E-state index in [1.807, 2.05) is 18.2 Å². The fourth-order valence-corrected chi connectivity index (χ4v) is 1.90. The number of benzene rings is 1. The predicted octanol–water partition coefficient (Wildman–Crippen LogP) is 2.23. The molecule has 0 aromatic heterocycles. The van der Waals surface area contributed by atoms with Crippen molar-refractivity contribution in [2.75, 3.05) is 13.2 Å². The van der Waals surface area contributed by atoms with Crippen molar-refractivity contribution in [1.29, 1.82) is 0 Å². The van der Waals surface area contributed by atoms with Crippen molar-refractivity contribution < 1.29 is 9.53 Å². The lowest BCUT2D eigenvalue weighted by Gasteiger charge is -2.09. The minimum Gasteiger partial charge on any atom is -0.484 e. The average molecular weight is 276 g/mol. The summed E-state index contributed by atoms with van der Waals surface area (Å²) < 4.78 is 5.52. The molecule has 0 unspecified atom stereocenters. The van der Waals surface area contributed by atoms with E-state index in [0.29, 0.717) is 6.04 Å². The summed E-state index contributed by atoms with van der Waals surface area (Å²) in [6.07, 6.45) is 4.66. The second-order valence-electron chi connectivity index (χ2n) is 5.29. The molecule has 1 aromatic rings. The zero-order chi connectivity index (χ0) is 14.2. The van der Waals surface area contributed by atoms with Gasteiger partial charge in [0, 0.05) is 19.1 Å². The van der Waals surface area contributed by atoms with E-state index in [1.54, 1.807) is 0 Å². The van der Waals surface area contributed by atoms with Crippen LogP contribution in [0.4, 0.5) is 0 Å². The van der Waals surface area contributed by atoms with E-state index in [0.717, 1.165) is 31.7 Å². The Bertz CT molecular complexity index is 430. The molecule has 1 fully saturated rings. The van der Waals surface area contributed by atoms with E-state index >= 15 is 0 Å². The first-order valence-electron chi connectivity index (χ1n) is 7.49. The van der Waals surface area contributed by atoms with Crippen molar-refractivity contribution in [3.05, 3.63) is 29.8 Å². The highest BCUT2D eigenvalue weighted by atomic mass is 16.5. The number of amides is 1. The minimum atomic E-state index is -0.0556. The summed E-state index contributed by atoms with van der Waals surface area (Å²) in [5, 5.41) is 6.30. The lowest BCUT2D eigenvalue weighted by molar-refractivity contribution is -0.123. The van der Waals surface area contributed by atoms with Crippen LogP contribution in [0.1, 0.15) is 38.2 Å². The van der Waals surface area contributed by atoms with Gasteiger partial charge in [-0.25, -0.2) is 0 Å². The number of rotatable bonds is 9. The smallest absolute Gasteiger partial charge is 0.257 e. The minimum absolute atomic E-state index is 0.0556. The van der Waals surface area contributed by atoms with Gasteiger partial charge in [0.05, 0.1) is 0 Å². The molecule has 0 heterocycles. The molecule has 0 aliphatic heterocycles. The summed E-state index contributed by atoms with van der Waals surface area (Å²) in [5.74, 6) is 0.700. The van der Waals surface area contributed by atoms with Crippen molar-refractivity contribution in [3.63, 3.8) is 0 Å². The molecule has 2 N–H and O–H groups in total. The normalized spacial score (nSPS) is 14.1. The Morgan fingerprint density at radius 1 is 1.40 bits per heavy atom. The molecule has 1 aliphatic rings. The Hall–Kier alpha value is -1.55. The standard InChI is InChI=1S/C16H24N2O2/c1-2-3-9-17-16(19)12-20-15-6-4-5-13(10-15)11-18-14-7-8-14/h4-6,10,14,18H,2-3,7-9,11-12H2,1H3,(H,17,19). The van der Waals surface area contributed by atoms with Gasteiger partial charge in [0.1, 0.15) is 5.75 Å². The zero-order valence-corrected chi connectivity index (χ0v) is 12.2. The molecule has 4 nitrogen and oxygen atoms in total. The van der Waals surface area contributed by atoms with Crippen LogP contribution < -0.4 is 15.4 Å². The molecule has 1 amide bonds. The van der Waals surface area contributed by atoms with E-state index in [4.69, 9.17) is 4.74 Å². The van der Waals surface area contributed by atoms with E-state index in [2.05, 4.69) is 23.6 Å². The molecule has 2 rings (SSSR count). The highest BCUT2D eigenvalue weighted by Crippen LogP contribution is 2.20. The second kappa shape index (κ2) is 7.90. The Balaban J connectivity index is 1.71. The highest BCUT2D eigenvalue weighted by molar-refractivity contribution is 5.77. The first-order chi connectivity index (χ1) is 9.78. The number of carbonyl (C=O) groups excluding carboxylic acids is 1. The van der Waals surface area contributed by atoms with Crippen LogP contribution in [0.15, 0.2) is 24.3 Å². The lowest BCUT2D eigenvalue weighted by Crippen LogP contribution is -2.29. The molecule has 20 heavy (non-hydrogen) atoms. The SMILES string of the molecule is CCCCNC(=O)COc1cccc(CNC2CC2)c1. The van der Waals surface area contributed by atoms with Gasteiger partial charge in [0.15, 0.2) is 6.61 Å². The summed E-state index contributed by atoms with van der Waals surface area (Å²) in [7, 11) is 0. The Morgan fingerprint density at radius 2 is 2.25 bits per heavy atom. The first kappa shape index (κ1) is 14.9. The van der Waals surface area contributed by atoms with Gasteiger partial charge in [-0.05, 0) is 37.0 Å². The van der Waals surface area contributed by atoms with E-state index in [9.17, 15) is 4.79 Å². The fraction of sp³-hybridized carbons (Fsp3) is 0.562. The molecule has 0 spiro atoms. The molecule has 110 valence electrons. The van der Waals surface area contributed by atoms with Gasteiger partial charge >= 0.3 is 0 Å².